The van der Waals surface area contributed by atoms with E-state index in [0.29, 0.717) is 0 Å². The Hall–Kier alpha value is -2.50. The van der Waals surface area contributed by atoms with Gasteiger partial charge in [-0.2, -0.15) is 5.10 Å². The number of non-ortho nitro benzene ring substituents is 1. The van der Waals surface area contributed by atoms with E-state index in [1.54, 1.807) is 23.0 Å². The maximum absolute atomic E-state index is 10.5. The number of nitro benzene ring substituents is 1. The number of benzene rings is 1. The van der Waals surface area contributed by atoms with Crippen LogP contribution in [0.2, 0.25) is 0 Å². The van der Waals surface area contributed by atoms with E-state index in [2.05, 4.69) is 10.1 Å². The average molecular weight is 244 g/mol. The summed E-state index contributed by atoms with van der Waals surface area (Å²) < 4.78 is 1.68. The van der Waals surface area contributed by atoms with Gasteiger partial charge in [-0.25, -0.2) is 4.99 Å². The molecule has 1 aromatic carbocycles. The van der Waals surface area contributed by atoms with E-state index in [4.69, 9.17) is 0 Å². The monoisotopic (exact) mass is 244 g/mol. The van der Waals surface area contributed by atoms with Crippen LogP contribution in [0.4, 0.5) is 11.5 Å². The van der Waals surface area contributed by atoms with Crippen molar-refractivity contribution in [2.75, 3.05) is 0 Å². The minimum atomic E-state index is -0.425. The van der Waals surface area contributed by atoms with Crippen molar-refractivity contribution in [1.29, 1.82) is 0 Å². The Kier molecular flexibility index (Phi) is 3.18. The smallest absolute Gasteiger partial charge is 0.258 e. The van der Waals surface area contributed by atoms with Crippen LogP contribution in [0.3, 0.4) is 0 Å². The quantitative estimate of drug-likeness (QED) is 0.472. The highest BCUT2D eigenvalue weighted by Gasteiger charge is 2.03. The summed E-state index contributed by atoms with van der Waals surface area (Å²) in [5.41, 5.74) is 1.77. The van der Waals surface area contributed by atoms with Gasteiger partial charge in [-0.05, 0) is 24.6 Å². The Morgan fingerprint density at radius 3 is 2.56 bits per heavy atom. The molecule has 92 valence electrons. The molecule has 0 spiro atoms. The highest BCUT2D eigenvalue weighted by atomic mass is 16.6. The highest BCUT2D eigenvalue weighted by molar-refractivity contribution is 5.81. The Labute approximate surface area is 104 Å². The van der Waals surface area contributed by atoms with Gasteiger partial charge in [0.2, 0.25) is 0 Å². The SMILES string of the molecule is Cc1cc(/N=C/c2ccc([N+](=O)[O-])cc2)n(C)n1. The second-order valence-electron chi connectivity index (χ2n) is 3.87. The van der Waals surface area contributed by atoms with Gasteiger partial charge in [0.05, 0.1) is 10.6 Å². The van der Waals surface area contributed by atoms with Gasteiger partial charge in [-0.1, -0.05) is 0 Å². The van der Waals surface area contributed by atoms with Crippen molar-refractivity contribution in [1.82, 2.24) is 9.78 Å². The zero-order valence-electron chi connectivity index (χ0n) is 10.1. The lowest BCUT2D eigenvalue weighted by Gasteiger charge is -1.95. The summed E-state index contributed by atoms with van der Waals surface area (Å²) in [5, 5.41) is 14.7. The largest absolute Gasteiger partial charge is 0.269 e. The first-order valence-electron chi connectivity index (χ1n) is 5.35. The van der Waals surface area contributed by atoms with Crippen LogP contribution in [0.25, 0.3) is 0 Å². The molecule has 1 heterocycles. The standard InChI is InChI=1S/C12H12N4O2/c1-9-7-12(15(2)14-9)13-8-10-3-5-11(6-4-10)16(17)18/h3-8H,1-2H3/b13-8+. The van der Waals surface area contributed by atoms with E-state index in [1.165, 1.54) is 12.1 Å². The number of aliphatic imine (C=N–C) groups is 1. The maximum Gasteiger partial charge on any atom is 0.269 e. The second-order valence-corrected chi connectivity index (χ2v) is 3.87. The lowest BCUT2D eigenvalue weighted by molar-refractivity contribution is -0.384. The maximum atomic E-state index is 10.5. The van der Waals surface area contributed by atoms with Crippen LogP contribution in [0.15, 0.2) is 35.3 Å². The van der Waals surface area contributed by atoms with Crippen molar-refractivity contribution in [2.45, 2.75) is 6.92 Å². The number of rotatable bonds is 3. The normalized spacial score (nSPS) is 11.0. The van der Waals surface area contributed by atoms with Crippen molar-refractivity contribution < 1.29 is 4.92 Å². The van der Waals surface area contributed by atoms with Crippen LogP contribution in [-0.2, 0) is 7.05 Å². The molecule has 18 heavy (non-hydrogen) atoms. The summed E-state index contributed by atoms with van der Waals surface area (Å²) in [6, 6.07) is 8.09. The Bertz CT molecular complexity index is 599. The van der Waals surface area contributed by atoms with E-state index in [0.717, 1.165) is 17.1 Å². The van der Waals surface area contributed by atoms with Crippen LogP contribution < -0.4 is 0 Å². The molecular weight excluding hydrogens is 232 g/mol. The number of hydrogen-bond acceptors (Lipinski definition) is 4. The first-order chi connectivity index (χ1) is 8.56. The summed E-state index contributed by atoms with van der Waals surface area (Å²) in [5.74, 6) is 0.742. The zero-order valence-corrected chi connectivity index (χ0v) is 10.1. The lowest BCUT2D eigenvalue weighted by Crippen LogP contribution is -1.90. The summed E-state index contributed by atoms with van der Waals surface area (Å²) in [6.07, 6.45) is 1.65. The van der Waals surface area contributed by atoms with E-state index >= 15 is 0 Å². The van der Waals surface area contributed by atoms with Crippen molar-refractivity contribution >= 4 is 17.7 Å². The van der Waals surface area contributed by atoms with Crippen molar-refractivity contribution in [2.24, 2.45) is 12.0 Å². The Morgan fingerprint density at radius 1 is 1.39 bits per heavy atom. The van der Waals surface area contributed by atoms with Crippen LogP contribution in [-0.4, -0.2) is 20.9 Å². The van der Waals surface area contributed by atoms with Crippen molar-refractivity contribution in [3.05, 3.63) is 51.7 Å². The van der Waals surface area contributed by atoms with Crippen LogP contribution >= 0.6 is 0 Å². The van der Waals surface area contributed by atoms with Crippen molar-refractivity contribution in [3.8, 4) is 0 Å². The summed E-state index contributed by atoms with van der Waals surface area (Å²) in [7, 11) is 1.81. The van der Waals surface area contributed by atoms with Gasteiger partial charge in [0.1, 0.15) is 5.82 Å². The van der Waals surface area contributed by atoms with Gasteiger partial charge in [0.15, 0.2) is 0 Å². The summed E-state index contributed by atoms with van der Waals surface area (Å²) >= 11 is 0. The number of nitrogens with zero attached hydrogens (tertiary/aromatic N) is 4. The highest BCUT2D eigenvalue weighted by Crippen LogP contribution is 2.14. The number of hydrogen-bond donors (Lipinski definition) is 0. The molecule has 0 saturated carbocycles. The topological polar surface area (TPSA) is 73.3 Å². The molecule has 0 N–H and O–H groups in total. The Morgan fingerprint density at radius 2 is 2.06 bits per heavy atom. The molecule has 0 fully saturated rings. The van der Waals surface area contributed by atoms with Gasteiger partial charge in [0, 0.05) is 31.5 Å². The van der Waals surface area contributed by atoms with E-state index in [1.807, 2.05) is 20.0 Å². The van der Waals surface area contributed by atoms with Gasteiger partial charge >= 0.3 is 0 Å². The third kappa shape index (κ3) is 2.60. The second kappa shape index (κ2) is 4.79. The first kappa shape index (κ1) is 12.0. The van der Waals surface area contributed by atoms with Crippen LogP contribution in [0.1, 0.15) is 11.3 Å². The predicted octanol–water partition coefficient (Wildman–Crippen LogP) is 2.39. The lowest BCUT2D eigenvalue weighted by atomic mass is 10.2. The molecule has 0 aliphatic carbocycles. The van der Waals surface area contributed by atoms with E-state index in [-0.39, 0.29) is 5.69 Å². The number of aromatic nitrogens is 2. The van der Waals surface area contributed by atoms with Gasteiger partial charge < -0.3 is 0 Å². The molecule has 6 nitrogen and oxygen atoms in total. The summed E-state index contributed by atoms with van der Waals surface area (Å²) in [6.45, 7) is 1.89. The van der Waals surface area contributed by atoms with Gasteiger partial charge in [-0.15, -0.1) is 0 Å². The molecule has 0 amide bonds. The molecule has 6 heteroatoms. The molecule has 2 rings (SSSR count). The molecule has 0 radical (unpaired) electrons. The molecule has 0 atom stereocenters. The zero-order chi connectivity index (χ0) is 13.1. The summed E-state index contributed by atoms with van der Waals surface area (Å²) in [4.78, 5) is 14.4. The van der Waals surface area contributed by atoms with Crippen molar-refractivity contribution in [3.63, 3.8) is 0 Å². The predicted molar refractivity (Wildman–Crippen MR) is 68.3 cm³/mol. The number of aryl methyl sites for hydroxylation is 2. The van der Waals surface area contributed by atoms with Gasteiger partial charge in [-0.3, -0.25) is 14.8 Å². The molecule has 1 aromatic heterocycles. The van der Waals surface area contributed by atoms with E-state index < -0.39 is 4.92 Å². The van der Waals surface area contributed by atoms with Crippen LogP contribution in [0, 0.1) is 17.0 Å². The third-order valence-electron chi connectivity index (χ3n) is 2.43. The average Bonchev–Trinajstić information content (AvgIpc) is 2.66. The Balaban J connectivity index is 2.18. The minimum absolute atomic E-state index is 0.0727. The fourth-order valence-electron chi connectivity index (χ4n) is 1.54. The molecule has 0 aliphatic rings. The fraction of sp³-hybridized carbons (Fsp3) is 0.167. The minimum Gasteiger partial charge on any atom is -0.258 e. The number of nitro groups is 1. The van der Waals surface area contributed by atoms with Gasteiger partial charge in [0.25, 0.3) is 5.69 Å². The molecule has 2 aromatic rings. The molecule has 0 bridgehead atoms. The molecule has 0 saturated heterocycles. The fourth-order valence-corrected chi connectivity index (χ4v) is 1.54. The molecular formula is C12H12N4O2. The molecule has 0 aliphatic heterocycles. The molecule has 0 unspecified atom stereocenters. The third-order valence-corrected chi connectivity index (χ3v) is 2.43. The van der Waals surface area contributed by atoms with Crippen LogP contribution in [0.5, 0.6) is 0 Å². The first-order valence-corrected chi connectivity index (χ1v) is 5.35. The van der Waals surface area contributed by atoms with E-state index in [9.17, 15) is 10.1 Å².